The summed E-state index contributed by atoms with van der Waals surface area (Å²) in [5, 5.41) is 12.4. The van der Waals surface area contributed by atoms with Crippen molar-refractivity contribution in [2.24, 2.45) is 0 Å². The Bertz CT molecular complexity index is 457. The lowest BCUT2D eigenvalue weighted by molar-refractivity contribution is -0.117. The molecule has 0 atom stereocenters. The first-order chi connectivity index (χ1) is 8.52. The second kappa shape index (κ2) is 7.02. The minimum atomic E-state index is -0.997. The van der Waals surface area contributed by atoms with Gasteiger partial charge in [0.25, 0.3) is 0 Å². The minimum absolute atomic E-state index is 0.0224. The van der Waals surface area contributed by atoms with Gasteiger partial charge < -0.3 is 9.84 Å². The largest absolute Gasteiger partial charge is 0.477 e. The molecule has 1 aromatic rings. The van der Waals surface area contributed by atoms with Crippen LogP contribution in [0.15, 0.2) is 16.3 Å². The van der Waals surface area contributed by atoms with E-state index >= 15 is 0 Å². The van der Waals surface area contributed by atoms with Crippen LogP contribution in [0.1, 0.15) is 16.6 Å². The Morgan fingerprint density at radius 3 is 2.78 bits per heavy atom. The molecule has 18 heavy (non-hydrogen) atoms. The quantitative estimate of drug-likeness (QED) is 0.803. The number of carbonyl (C=O) groups excluding carboxylic acids is 2. The maximum atomic E-state index is 11.3. The molecule has 0 saturated carbocycles. The van der Waals surface area contributed by atoms with Crippen molar-refractivity contribution in [3.05, 3.63) is 16.3 Å². The van der Waals surface area contributed by atoms with Crippen LogP contribution in [0.25, 0.3) is 0 Å². The number of carboxylic acids is 1. The molecule has 0 fully saturated rings. The molecular formula is C10H11NO5S2. The average Bonchev–Trinajstić information content (AvgIpc) is 2.75. The van der Waals surface area contributed by atoms with E-state index in [-0.39, 0.29) is 17.2 Å². The summed E-state index contributed by atoms with van der Waals surface area (Å²) >= 11 is 2.24. The van der Waals surface area contributed by atoms with E-state index in [0.717, 1.165) is 23.1 Å². The first-order valence-corrected chi connectivity index (χ1v) is 6.80. The van der Waals surface area contributed by atoms with Gasteiger partial charge >= 0.3 is 12.1 Å². The molecule has 0 aliphatic heterocycles. The lowest BCUT2D eigenvalue weighted by atomic mass is 10.5. The van der Waals surface area contributed by atoms with Crippen molar-refractivity contribution in [1.29, 1.82) is 0 Å². The van der Waals surface area contributed by atoms with E-state index in [1.54, 1.807) is 12.3 Å². The summed E-state index contributed by atoms with van der Waals surface area (Å²) < 4.78 is 4.54. The van der Waals surface area contributed by atoms with Crippen LogP contribution in [0.4, 0.5) is 4.79 Å². The molecule has 98 valence electrons. The topological polar surface area (TPSA) is 92.7 Å². The minimum Gasteiger partial charge on any atom is -0.477 e. The lowest BCUT2D eigenvalue weighted by Gasteiger charge is -2.02. The van der Waals surface area contributed by atoms with Gasteiger partial charge in [-0.05, 0) is 13.0 Å². The van der Waals surface area contributed by atoms with E-state index in [4.69, 9.17) is 5.11 Å². The van der Waals surface area contributed by atoms with Gasteiger partial charge in [-0.15, -0.1) is 23.1 Å². The van der Waals surface area contributed by atoms with Crippen molar-refractivity contribution >= 4 is 41.1 Å². The molecule has 0 bridgehead atoms. The summed E-state index contributed by atoms with van der Waals surface area (Å²) in [4.78, 5) is 33.7. The van der Waals surface area contributed by atoms with Crippen molar-refractivity contribution in [2.45, 2.75) is 11.8 Å². The van der Waals surface area contributed by atoms with Crippen LogP contribution >= 0.6 is 23.1 Å². The number of amides is 2. The van der Waals surface area contributed by atoms with Crippen molar-refractivity contribution in [1.82, 2.24) is 5.32 Å². The maximum Gasteiger partial charge on any atom is 0.413 e. The van der Waals surface area contributed by atoms with Crippen molar-refractivity contribution in [2.75, 3.05) is 12.4 Å². The number of rotatable bonds is 5. The Hall–Kier alpha value is -1.54. The lowest BCUT2D eigenvalue weighted by Crippen LogP contribution is -2.32. The molecule has 0 aromatic carbocycles. The predicted molar refractivity (Wildman–Crippen MR) is 67.2 cm³/mol. The Balaban J connectivity index is 2.37. The fourth-order valence-corrected chi connectivity index (χ4v) is 2.64. The third-order valence-corrected chi connectivity index (χ3v) is 3.72. The van der Waals surface area contributed by atoms with Crippen LogP contribution in [-0.4, -0.2) is 35.4 Å². The molecule has 0 aliphatic rings. The van der Waals surface area contributed by atoms with Gasteiger partial charge in [0, 0.05) is 10.3 Å². The zero-order valence-corrected chi connectivity index (χ0v) is 11.1. The van der Waals surface area contributed by atoms with Gasteiger partial charge in [-0.2, -0.15) is 0 Å². The third-order valence-electron chi connectivity index (χ3n) is 1.67. The van der Waals surface area contributed by atoms with Gasteiger partial charge in [0.05, 0.1) is 12.4 Å². The second-order valence-corrected chi connectivity index (χ2v) is 4.97. The molecule has 0 saturated heterocycles. The summed E-state index contributed by atoms with van der Waals surface area (Å²) in [6.07, 6.45) is -0.778. The highest BCUT2D eigenvalue weighted by Crippen LogP contribution is 2.24. The van der Waals surface area contributed by atoms with Gasteiger partial charge in [-0.3, -0.25) is 10.1 Å². The summed E-state index contributed by atoms with van der Waals surface area (Å²) in [6, 6.07) is 1.48. The number of hydrogen-bond acceptors (Lipinski definition) is 6. The molecule has 8 heteroatoms. The fourth-order valence-electron chi connectivity index (χ4n) is 0.973. The highest BCUT2D eigenvalue weighted by Gasteiger charge is 2.11. The number of nitrogens with one attached hydrogen (secondary N) is 1. The van der Waals surface area contributed by atoms with E-state index < -0.39 is 18.0 Å². The maximum absolute atomic E-state index is 11.3. The number of imide groups is 1. The number of ether oxygens (including phenoxy) is 1. The van der Waals surface area contributed by atoms with Gasteiger partial charge in [0.15, 0.2) is 0 Å². The molecule has 2 amide bonds. The first kappa shape index (κ1) is 14.5. The van der Waals surface area contributed by atoms with Crippen LogP contribution in [0.2, 0.25) is 0 Å². The number of thiophene rings is 1. The van der Waals surface area contributed by atoms with Gasteiger partial charge in [0.2, 0.25) is 5.91 Å². The molecule has 0 unspecified atom stereocenters. The van der Waals surface area contributed by atoms with Gasteiger partial charge in [-0.1, -0.05) is 0 Å². The molecular weight excluding hydrogens is 278 g/mol. The number of thioether (sulfide) groups is 1. The summed E-state index contributed by atoms with van der Waals surface area (Å²) in [7, 11) is 0. The number of carbonyl (C=O) groups is 3. The molecule has 2 N–H and O–H groups in total. The number of hydrogen-bond donors (Lipinski definition) is 2. The number of alkyl carbamates (subject to hydrolysis) is 1. The van der Waals surface area contributed by atoms with E-state index in [1.165, 1.54) is 6.07 Å². The second-order valence-electron chi connectivity index (χ2n) is 3.01. The van der Waals surface area contributed by atoms with Crippen LogP contribution < -0.4 is 5.32 Å². The molecule has 0 radical (unpaired) electrons. The Morgan fingerprint density at radius 1 is 1.50 bits per heavy atom. The van der Waals surface area contributed by atoms with Crippen molar-refractivity contribution < 1.29 is 24.2 Å². The standard InChI is InChI=1S/C10H11NO5S2/c1-2-16-10(15)11-8(12)5-17-6-3-7(9(13)14)18-4-6/h3-4H,2,5H2,1H3,(H,13,14)(H,11,12,15). The van der Waals surface area contributed by atoms with Crippen LogP contribution in [-0.2, 0) is 9.53 Å². The Labute approximate surface area is 111 Å². The van der Waals surface area contributed by atoms with Crippen LogP contribution in [0.5, 0.6) is 0 Å². The Kier molecular flexibility index (Phi) is 5.66. The number of aromatic carboxylic acids is 1. The van der Waals surface area contributed by atoms with Crippen molar-refractivity contribution in [3.63, 3.8) is 0 Å². The number of carboxylic acid groups (broad SMARTS) is 1. The molecule has 0 aliphatic carbocycles. The molecule has 6 nitrogen and oxygen atoms in total. The highest BCUT2D eigenvalue weighted by atomic mass is 32.2. The third kappa shape index (κ3) is 4.76. The van der Waals surface area contributed by atoms with Crippen molar-refractivity contribution in [3.8, 4) is 0 Å². The monoisotopic (exact) mass is 289 g/mol. The molecule has 1 heterocycles. The molecule has 1 aromatic heterocycles. The van der Waals surface area contributed by atoms with E-state index in [9.17, 15) is 14.4 Å². The smallest absolute Gasteiger partial charge is 0.413 e. The highest BCUT2D eigenvalue weighted by molar-refractivity contribution is 8.00. The summed E-state index contributed by atoms with van der Waals surface area (Å²) in [6.45, 7) is 1.83. The molecule has 1 rings (SSSR count). The zero-order chi connectivity index (χ0) is 13.5. The normalized spacial score (nSPS) is 9.83. The van der Waals surface area contributed by atoms with Gasteiger partial charge in [0.1, 0.15) is 4.88 Å². The van der Waals surface area contributed by atoms with Gasteiger partial charge in [-0.25, -0.2) is 9.59 Å². The SMILES string of the molecule is CCOC(=O)NC(=O)CSc1csc(C(=O)O)c1. The summed E-state index contributed by atoms with van der Waals surface area (Å²) in [5.74, 6) is -1.46. The fraction of sp³-hybridized carbons (Fsp3) is 0.300. The summed E-state index contributed by atoms with van der Waals surface area (Å²) in [5.41, 5.74) is 0. The van der Waals surface area contributed by atoms with Crippen LogP contribution in [0, 0.1) is 0 Å². The van der Waals surface area contributed by atoms with E-state index in [0.29, 0.717) is 4.90 Å². The Morgan fingerprint density at radius 2 is 2.22 bits per heavy atom. The molecule has 0 spiro atoms. The van der Waals surface area contributed by atoms with E-state index in [2.05, 4.69) is 4.74 Å². The first-order valence-electron chi connectivity index (χ1n) is 4.94. The average molecular weight is 289 g/mol. The van der Waals surface area contributed by atoms with Crippen LogP contribution in [0.3, 0.4) is 0 Å². The zero-order valence-electron chi connectivity index (χ0n) is 9.47. The van der Waals surface area contributed by atoms with E-state index in [1.807, 2.05) is 5.32 Å². The predicted octanol–water partition coefficient (Wildman–Crippen LogP) is 1.81.